The van der Waals surface area contributed by atoms with Crippen molar-refractivity contribution in [3.8, 4) is 0 Å². The van der Waals surface area contributed by atoms with Crippen molar-refractivity contribution < 1.29 is 0 Å². The Morgan fingerprint density at radius 3 is 2.45 bits per heavy atom. The lowest BCUT2D eigenvalue weighted by atomic mass is 9.82. The van der Waals surface area contributed by atoms with Crippen molar-refractivity contribution in [3.05, 3.63) is 51.9 Å². The quantitative estimate of drug-likeness (QED) is 0.304. The molecule has 2 aromatic carbocycles. The van der Waals surface area contributed by atoms with Crippen molar-refractivity contribution in [2.24, 2.45) is 0 Å². The van der Waals surface area contributed by atoms with Crippen molar-refractivity contribution in [1.82, 2.24) is 4.98 Å². The standard InChI is InChI=1S/C27H31NS/c1-26(2,3)16-12-13-21-18(14-16)19-15-20(27(4,5)6)23-17-10-8-7-9-11-22(17)29-25(23)24(19)28-21/h8,10,12-15,28H,7,9,11H2,1-6H3. The van der Waals surface area contributed by atoms with Gasteiger partial charge in [0.25, 0.3) is 0 Å². The molecule has 4 aromatic rings. The summed E-state index contributed by atoms with van der Waals surface area (Å²) >= 11 is 2.02. The van der Waals surface area contributed by atoms with Gasteiger partial charge in [-0.05, 0) is 65.0 Å². The molecule has 1 aliphatic carbocycles. The highest BCUT2D eigenvalue weighted by Gasteiger charge is 2.25. The van der Waals surface area contributed by atoms with Crippen LogP contribution in [-0.4, -0.2) is 4.98 Å². The van der Waals surface area contributed by atoms with Gasteiger partial charge < -0.3 is 4.98 Å². The predicted octanol–water partition coefficient (Wildman–Crippen LogP) is 8.48. The summed E-state index contributed by atoms with van der Waals surface area (Å²) in [7, 11) is 0. The second-order valence-corrected chi connectivity index (χ2v) is 11.8. The Hall–Kier alpha value is -2.06. The van der Waals surface area contributed by atoms with Crippen molar-refractivity contribution in [1.29, 1.82) is 0 Å². The van der Waals surface area contributed by atoms with Crippen LogP contribution in [0.1, 0.15) is 76.0 Å². The van der Waals surface area contributed by atoms with E-state index in [1.54, 1.807) is 4.88 Å². The summed E-state index contributed by atoms with van der Waals surface area (Å²) in [4.78, 5) is 5.35. The number of H-pyrrole nitrogens is 1. The SMILES string of the molecule is CC(C)(C)c1ccc2[nH]c3c(cc(C(C)(C)C)c4c5c(sc43)CCCC=C5)c2c1. The first-order chi connectivity index (χ1) is 13.6. The number of allylic oxidation sites excluding steroid dienone is 1. The zero-order valence-corrected chi connectivity index (χ0v) is 19.3. The molecule has 0 saturated carbocycles. The summed E-state index contributed by atoms with van der Waals surface area (Å²) in [5.74, 6) is 0. The maximum absolute atomic E-state index is 3.79. The summed E-state index contributed by atoms with van der Waals surface area (Å²) < 4.78 is 1.44. The van der Waals surface area contributed by atoms with Crippen LogP contribution in [0.5, 0.6) is 0 Å². The summed E-state index contributed by atoms with van der Waals surface area (Å²) in [6, 6.07) is 9.45. The van der Waals surface area contributed by atoms with Crippen molar-refractivity contribution in [2.75, 3.05) is 0 Å². The number of aromatic amines is 1. The molecule has 0 amide bonds. The van der Waals surface area contributed by atoms with Crippen LogP contribution in [0.15, 0.2) is 30.3 Å². The lowest BCUT2D eigenvalue weighted by molar-refractivity contribution is 0.591. The van der Waals surface area contributed by atoms with E-state index in [4.69, 9.17) is 0 Å². The van der Waals surface area contributed by atoms with Crippen LogP contribution in [0.25, 0.3) is 38.0 Å². The van der Waals surface area contributed by atoms with Gasteiger partial charge in [-0.2, -0.15) is 0 Å². The maximum atomic E-state index is 3.79. The van der Waals surface area contributed by atoms with Crippen LogP contribution in [0.4, 0.5) is 0 Å². The number of aromatic nitrogens is 1. The molecule has 1 aliphatic rings. The third-order valence-corrected chi connectivity index (χ3v) is 7.66. The van der Waals surface area contributed by atoms with Gasteiger partial charge >= 0.3 is 0 Å². The average molecular weight is 402 g/mol. The van der Waals surface area contributed by atoms with Crippen molar-refractivity contribution >= 4 is 49.3 Å². The van der Waals surface area contributed by atoms with Crippen LogP contribution in [0, 0.1) is 0 Å². The first-order valence-electron chi connectivity index (χ1n) is 10.9. The summed E-state index contributed by atoms with van der Waals surface area (Å²) in [5, 5.41) is 4.22. The Morgan fingerprint density at radius 1 is 0.931 bits per heavy atom. The second kappa shape index (κ2) is 6.22. The number of rotatable bonds is 0. The first kappa shape index (κ1) is 18.9. The van der Waals surface area contributed by atoms with E-state index in [0.717, 1.165) is 0 Å². The topological polar surface area (TPSA) is 15.8 Å². The molecule has 2 heteroatoms. The van der Waals surface area contributed by atoms with Gasteiger partial charge in [0.15, 0.2) is 0 Å². The predicted molar refractivity (Wildman–Crippen MR) is 131 cm³/mol. The molecule has 0 atom stereocenters. The van der Waals surface area contributed by atoms with Crippen molar-refractivity contribution in [2.45, 2.75) is 71.6 Å². The van der Waals surface area contributed by atoms with Gasteiger partial charge in [-0.3, -0.25) is 0 Å². The largest absolute Gasteiger partial charge is 0.353 e. The van der Waals surface area contributed by atoms with Gasteiger partial charge in [-0.15, -0.1) is 11.3 Å². The molecule has 2 heterocycles. The number of fused-ring (bicyclic) bond motifs is 7. The first-order valence-corrected chi connectivity index (χ1v) is 11.7. The van der Waals surface area contributed by atoms with E-state index >= 15 is 0 Å². The van der Waals surface area contributed by atoms with Crippen LogP contribution >= 0.6 is 11.3 Å². The summed E-state index contributed by atoms with van der Waals surface area (Å²) in [6.07, 6.45) is 8.41. The molecule has 5 rings (SSSR count). The molecule has 1 nitrogen and oxygen atoms in total. The fourth-order valence-corrected chi connectivity index (χ4v) is 6.05. The maximum Gasteiger partial charge on any atom is 0.0646 e. The number of hydrogen-bond acceptors (Lipinski definition) is 1. The number of thiophene rings is 1. The molecular formula is C27H31NS. The number of nitrogens with one attached hydrogen (secondary N) is 1. The highest BCUT2D eigenvalue weighted by Crippen LogP contribution is 2.46. The van der Waals surface area contributed by atoms with E-state index in [9.17, 15) is 0 Å². The number of aryl methyl sites for hydroxylation is 1. The van der Waals surface area contributed by atoms with E-state index in [0.29, 0.717) is 0 Å². The fraction of sp³-hybridized carbons (Fsp3) is 0.407. The second-order valence-electron chi connectivity index (χ2n) is 10.7. The van der Waals surface area contributed by atoms with E-state index in [1.807, 2.05) is 11.3 Å². The molecular weight excluding hydrogens is 370 g/mol. The normalized spacial score (nSPS) is 15.4. The third kappa shape index (κ3) is 2.95. The molecule has 2 aromatic heterocycles. The molecule has 0 fully saturated rings. The van der Waals surface area contributed by atoms with Crippen LogP contribution in [0.3, 0.4) is 0 Å². The fourth-order valence-electron chi connectivity index (χ4n) is 4.69. The summed E-state index contributed by atoms with van der Waals surface area (Å²) in [6.45, 7) is 14.0. The zero-order chi connectivity index (χ0) is 20.6. The monoisotopic (exact) mass is 401 g/mol. The van der Waals surface area contributed by atoms with Crippen LogP contribution < -0.4 is 0 Å². The van der Waals surface area contributed by atoms with Gasteiger partial charge in [0.05, 0.1) is 10.2 Å². The number of hydrogen-bond donors (Lipinski definition) is 1. The van der Waals surface area contributed by atoms with Crippen molar-refractivity contribution in [3.63, 3.8) is 0 Å². The van der Waals surface area contributed by atoms with Crippen LogP contribution in [0.2, 0.25) is 0 Å². The van der Waals surface area contributed by atoms with Gasteiger partial charge in [0.2, 0.25) is 0 Å². The zero-order valence-electron chi connectivity index (χ0n) is 18.5. The molecule has 0 spiro atoms. The number of benzene rings is 2. The Morgan fingerprint density at radius 2 is 1.72 bits per heavy atom. The molecule has 150 valence electrons. The van der Waals surface area contributed by atoms with Gasteiger partial charge in [0, 0.05) is 26.6 Å². The minimum absolute atomic E-state index is 0.104. The Labute approximate surface area is 177 Å². The highest BCUT2D eigenvalue weighted by atomic mass is 32.1. The molecule has 0 unspecified atom stereocenters. The minimum atomic E-state index is 0.104. The molecule has 0 bridgehead atoms. The van der Waals surface area contributed by atoms with Gasteiger partial charge in [-0.1, -0.05) is 59.8 Å². The van der Waals surface area contributed by atoms with E-state index in [1.165, 1.54) is 67.8 Å². The lowest BCUT2D eigenvalue weighted by Crippen LogP contribution is -2.12. The summed E-state index contributed by atoms with van der Waals surface area (Å²) in [5.41, 5.74) is 7.18. The Bertz CT molecular complexity index is 1280. The van der Waals surface area contributed by atoms with E-state index in [-0.39, 0.29) is 10.8 Å². The van der Waals surface area contributed by atoms with E-state index in [2.05, 4.69) is 82.9 Å². The van der Waals surface area contributed by atoms with Gasteiger partial charge in [-0.25, -0.2) is 0 Å². The average Bonchev–Trinajstić information content (AvgIpc) is 3.08. The molecule has 0 aliphatic heterocycles. The molecule has 29 heavy (non-hydrogen) atoms. The third-order valence-electron chi connectivity index (χ3n) is 6.38. The lowest BCUT2D eigenvalue weighted by Gasteiger charge is -2.22. The van der Waals surface area contributed by atoms with E-state index < -0.39 is 0 Å². The smallest absolute Gasteiger partial charge is 0.0646 e. The van der Waals surface area contributed by atoms with Gasteiger partial charge in [0.1, 0.15) is 0 Å². The van der Waals surface area contributed by atoms with Crippen LogP contribution in [-0.2, 0) is 17.3 Å². The minimum Gasteiger partial charge on any atom is -0.353 e. The Kier molecular flexibility index (Phi) is 4.06. The highest BCUT2D eigenvalue weighted by molar-refractivity contribution is 7.20. The molecule has 0 radical (unpaired) electrons. The molecule has 0 saturated heterocycles. The molecule has 1 N–H and O–H groups in total. The Balaban J connectivity index is 1.95.